The van der Waals surface area contributed by atoms with E-state index in [0.717, 1.165) is 28.1 Å². The van der Waals surface area contributed by atoms with Crippen LogP contribution >= 0.6 is 0 Å². The molecule has 0 radical (unpaired) electrons. The number of benzene rings is 1. The summed E-state index contributed by atoms with van der Waals surface area (Å²) in [7, 11) is 3.27. The zero-order valence-electron chi connectivity index (χ0n) is 8.83. The molecule has 0 atom stereocenters. The molecule has 0 saturated heterocycles. The van der Waals surface area contributed by atoms with Crippen LogP contribution in [-0.2, 0) is 6.54 Å². The van der Waals surface area contributed by atoms with Gasteiger partial charge in [0.2, 0.25) is 0 Å². The van der Waals surface area contributed by atoms with Gasteiger partial charge in [0.25, 0.3) is 0 Å². The number of rotatable bonds is 3. The summed E-state index contributed by atoms with van der Waals surface area (Å²) in [5, 5.41) is 1.03. The van der Waals surface area contributed by atoms with Crippen LogP contribution in [-0.4, -0.2) is 19.2 Å². The van der Waals surface area contributed by atoms with Crippen LogP contribution in [0.2, 0.25) is 0 Å². The Bertz CT molecular complexity index is 477. The maximum Gasteiger partial charge on any atom is 0.131 e. The molecule has 1 heterocycles. The molecule has 0 aliphatic rings. The predicted molar refractivity (Wildman–Crippen MR) is 59.3 cm³/mol. The van der Waals surface area contributed by atoms with Crippen LogP contribution in [0.25, 0.3) is 10.9 Å². The van der Waals surface area contributed by atoms with Gasteiger partial charge in [0, 0.05) is 29.8 Å². The molecule has 0 amide bonds. The van der Waals surface area contributed by atoms with Crippen molar-refractivity contribution in [1.29, 1.82) is 0 Å². The minimum absolute atomic E-state index is 0.486. The van der Waals surface area contributed by atoms with Crippen molar-refractivity contribution in [1.82, 2.24) is 4.98 Å². The van der Waals surface area contributed by atoms with Crippen molar-refractivity contribution in [2.75, 3.05) is 14.2 Å². The normalized spacial score (nSPS) is 10.6. The molecule has 0 aliphatic heterocycles. The number of methoxy groups -OCH3 is 2. The molecule has 0 aliphatic carbocycles. The summed E-state index contributed by atoms with van der Waals surface area (Å²) in [5.74, 6) is 1.56. The summed E-state index contributed by atoms with van der Waals surface area (Å²) >= 11 is 0. The topological polar surface area (TPSA) is 60.3 Å². The first-order valence-corrected chi connectivity index (χ1v) is 4.72. The van der Waals surface area contributed by atoms with Crippen LogP contribution in [0.4, 0.5) is 0 Å². The van der Waals surface area contributed by atoms with Gasteiger partial charge in [-0.25, -0.2) is 0 Å². The van der Waals surface area contributed by atoms with E-state index >= 15 is 0 Å². The summed E-state index contributed by atoms with van der Waals surface area (Å²) in [6.07, 6.45) is 0. The molecular formula is C11H14N2O2. The molecule has 2 rings (SSSR count). The third-order valence-electron chi connectivity index (χ3n) is 2.40. The molecule has 0 bridgehead atoms. The van der Waals surface area contributed by atoms with Gasteiger partial charge in [0.1, 0.15) is 11.5 Å². The molecule has 1 aromatic heterocycles. The SMILES string of the molecule is COc1cc(OC)c2cc(CN)[nH]c2c1. The molecule has 0 fully saturated rings. The maximum atomic E-state index is 5.57. The summed E-state index contributed by atoms with van der Waals surface area (Å²) in [4.78, 5) is 3.21. The number of nitrogens with two attached hydrogens (primary N) is 1. The van der Waals surface area contributed by atoms with E-state index in [1.807, 2.05) is 18.2 Å². The first kappa shape index (κ1) is 9.86. The second-order valence-electron chi connectivity index (χ2n) is 3.29. The number of H-pyrrole nitrogens is 1. The zero-order valence-corrected chi connectivity index (χ0v) is 8.83. The molecule has 1 aromatic carbocycles. The number of nitrogens with one attached hydrogen (secondary N) is 1. The van der Waals surface area contributed by atoms with E-state index in [4.69, 9.17) is 15.2 Å². The van der Waals surface area contributed by atoms with E-state index < -0.39 is 0 Å². The van der Waals surface area contributed by atoms with Crippen LogP contribution in [0, 0.1) is 0 Å². The average molecular weight is 206 g/mol. The largest absolute Gasteiger partial charge is 0.497 e. The predicted octanol–water partition coefficient (Wildman–Crippen LogP) is 1.64. The van der Waals surface area contributed by atoms with E-state index in [1.54, 1.807) is 14.2 Å². The molecule has 0 spiro atoms. The van der Waals surface area contributed by atoms with Gasteiger partial charge in [-0.2, -0.15) is 0 Å². The summed E-state index contributed by atoms with van der Waals surface area (Å²) in [6.45, 7) is 0.486. The lowest BCUT2D eigenvalue weighted by molar-refractivity contribution is 0.398. The second-order valence-corrected chi connectivity index (χ2v) is 3.29. The van der Waals surface area contributed by atoms with Crippen LogP contribution in [0.3, 0.4) is 0 Å². The third-order valence-corrected chi connectivity index (χ3v) is 2.40. The fourth-order valence-corrected chi connectivity index (χ4v) is 1.63. The Kier molecular flexibility index (Phi) is 2.51. The monoisotopic (exact) mass is 206 g/mol. The summed E-state index contributed by atoms with van der Waals surface area (Å²) < 4.78 is 10.5. The molecule has 2 aromatic rings. The Morgan fingerprint density at radius 2 is 2.00 bits per heavy atom. The van der Waals surface area contributed by atoms with Crippen molar-refractivity contribution in [3.8, 4) is 11.5 Å². The quantitative estimate of drug-likeness (QED) is 0.802. The number of fused-ring (bicyclic) bond motifs is 1. The lowest BCUT2D eigenvalue weighted by atomic mass is 10.2. The van der Waals surface area contributed by atoms with Crippen molar-refractivity contribution < 1.29 is 9.47 Å². The lowest BCUT2D eigenvalue weighted by Gasteiger charge is -2.04. The van der Waals surface area contributed by atoms with Gasteiger partial charge in [-0.15, -0.1) is 0 Å². The first-order valence-electron chi connectivity index (χ1n) is 4.72. The van der Waals surface area contributed by atoms with Gasteiger partial charge in [-0.1, -0.05) is 0 Å². The number of hydrogen-bond acceptors (Lipinski definition) is 3. The van der Waals surface area contributed by atoms with Crippen molar-refractivity contribution in [2.24, 2.45) is 5.73 Å². The number of hydrogen-bond donors (Lipinski definition) is 2. The van der Waals surface area contributed by atoms with Crippen LogP contribution in [0.5, 0.6) is 11.5 Å². The number of aromatic nitrogens is 1. The third kappa shape index (κ3) is 1.64. The molecule has 4 nitrogen and oxygen atoms in total. The molecular weight excluding hydrogens is 192 g/mol. The Morgan fingerprint density at radius 1 is 1.20 bits per heavy atom. The molecule has 15 heavy (non-hydrogen) atoms. The van der Waals surface area contributed by atoms with E-state index in [0.29, 0.717) is 6.54 Å². The fourth-order valence-electron chi connectivity index (χ4n) is 1.63. The maximum absolute atomic E-state index is 5.57. The Labute approximate surface area is 88.0 Å². The Morgan fingerprint density at radius 3 is 2.60 bits per heavy atom. The first-order chi connectivity index (χ1) is 7.28. The molecule has 0 unspecified atom stereocenters. The zero-order chi connectivity index (χ0) is 10.8. The standard InChI is InChI=1S/C11H14N2O2/c1-14-8-4-10-9(11(5-8)15-2)3-7(6-12)13-10/h3-5,13H,6,12H2,1-2H3. The minimum Gasteiger partial charge on any atom is -0.497 e. The van der Waals surface area contributed by atoms with Crippen LogP contribution in [0.1, 0.15) is 5.69 Å². The Hall–Kier alpha value is -1.68. The van der Waals surface area contributed by atoms with Crippen LogP contribution < -0.4 is 15.2 Å². The number of ether oxygens (including phenoxy) is 2. The van der Waals surface area contributed by atoms with Crippen molar-refractivity contribution >= 4 is 10.9 Å². The summed E-state index contributed by atoms with van der Waals surface area (Å²) in [6, 6.07) is 5.78. The lowest BCUT2D eigenvalue weighted by Crippen LogP contribution is -1.94. The summed E-state index contributed by atoms with van der Waals surface area (Å²) in [5.41, 5.74) is 7.53. The fraction of sp³-hybridized carbons (Fsp3) is 0.273. The smallest absolute Gasteiger partial charge is 0.131 e. The minimum atomic E-state index is 0.486. The molecule has 4 heteroatoms. The van der Waals surface area contributed by atoms with Gasteiger partial charge in [-0.3, -0.25) is 0 Å². The van der Waals surface area contributed by atoms with Gasteiger partial charge >= 0.3 is 0 Å². The Balaban J connectivity index is 2.66. The van der Waals surface area contributed by atoms with Crippen LogP contribution in [0.15, 0.2) is 18.2 Å². The van der Waals surface area contributed by atoms with E-state index in [2.05, 4.69) is 4.98 Å². The van der Waals surface area contributed by atoms with E-state index in [9.17, 15) is 0 Å². The van der Waals surface area contributed by atoms with Gasteiger partial charge in [0.15, 0.2) is 0 Å². The van der Waals surface area contributed by atoms with Gasteiger partial charge in [-0.05, 0) is 6.07 Å². The highest BCUT2D eigenvalue weighted by atomic mass is 16.5. The van der Waals surface area contributed by atoms with E-state index in [-0.39, 0.29) is 0 Å². The van der Waals surface area contributed by atoms with Crippen molar-refractivity contribution in [3.63, 3.8) is 0 Å². The molecule has 0 saturated carbocycles. The average Bonchev–Trinajstić information content (AvgIpc) is 2.70. The van der Waals surface area contributed by atoms with Gasteiger partial charge in [0.05, 0.1) is 19.7 Å². The highest BCUT2D eigenvalue weighted by Gasteiger charge is 2.07. The van der Waals surface area contributed by atoms with E-state index in [1.165, 1.54) is 0 Å². The van der Waals surface area contributed by atoms with Crippen molar-refractivity contribution in [2.45, 2.75) is 6.54 Å². The van der Waals surface area contributed by atoms with Crippen molar-refractivity contribution in [3.05, 3.63) is 23.9 Å². The number of aromatic amines is 1. The molecule has 3 N–H and O–H groups in total. The highest BCUT2D eigenvalue weighted by molar-refractivity contribution is 5.88. The molecule has 80 valence electrons. The van der Waals surface area contributed by atoms with Gasteiger partial charge < -0.3 is 20.2 Å². The highest BCUT2D eigenvalue weighted by Crippen LogP contribution is 2.31. The second kappa shape index (κ2) is 3.82.